The number of benzene rings is 2. The van der Waals surface area contributed by atoms with Crippen LogP contribution in [-0.2, 0) is 17.5 Å². The third-order valence-corrected chi connectivity index (χ3v) is 5.35. The maximum atomic E-state index is 13.2. The van der Waals surface area contributed by atoms with Crippen LogP contribution in [0.1, 0.15) is 35.6 Å². The molecule has 1 amide bonds. The Morgan fingerprint density at radius 2 is 1.87 bits per heavy atom. The number of rotatable bonds is 6. The highest BCUT2D eigenvalue weighted by molar-refractivity contribution is 5.78. The molecule has 2 heterocycles. The first-order chi connectivity index (χ1) is 14.4. The van der Waals surface area contributed by atoms with Gasteiger partial charge < -0.3 is 19.7 Å². The van der Waals surface area contributed by atoms with Gasteiger partial charge in [-0.25, -0.2) is 0 Å². The largest absolute Gasteiger partial charge is 0.486 e. The zero-order valence-electron chi connectivity index (χ0n) is 16.4. The molecule has 2 aliphatic rings. The van der Waals surface area contributed by atoms with Crippen molar-refractivity contribution < 1.29 is 27.4 Å². The summed E-state index contributed by atoms with van der Waals surface area (Å²) in [5.41, 5.74) is 0.727. The second-order valence-corrected chi connectivity index (χ2v) is 7.48. The van der Waals surface area contributed by atoms with Crippen molar-refractivity contribution >= 4 is 5.91 Å². The molecular formula is C22H23F3N2O3. The standard InChI is InChI=1S/C22H23F3N2O3/c23-22(24,25)17-4-1-3-16(12-17)18(14-27-8-2-5-21(27)28)26-13-15-6-7-19-20(11-15)30-10-9-29-19/h1,3-4,6-7,11-12,18,26H,2,5,8-10,13-14H2. The third-order valence-electron chi connectivity index (χ3n) is 5.35. The predicted molar refractivity (Wildman–Crippen MR) is 104 cm³/mol. The average molecular weight is 420 g/mol. The summed E-state index contributed by atoms with van der Waals surface area (Å²) >= 11 is 0. The monoisotopic (exact) mass is 420 g/mol. The first-order valence-electron chi connectivity index (χ1n) is 9.97. The second-order valence-electron chi connectivity index (χ2n) is 7.48. The Balaban J connectivity index is 1.54. The van der Waals surface area contributed by atoms with E-state index < -0.39 is 17.8 Å². The fourth-order valence-corrected chi connectivity index (χ4v) is 3.78. The van der Waals surface area contributed by atoms with Gasteiger partial charge in [0.15, 0.2) is 11.5 Å². The van der Waals surface area contributed by atoms with Crippen LogP contribution in [0, 0.1) is 0 Å². The number of nitrogens with one attached hydrogen (secondary N) is 1. The summed E-state index contributed by atoms with van der Waals surface area (Å²) in [6.07, 6.45) is -3.16. The Kier molecular flexibility index (Phi) is 5.85. The molecule has 0 radical (unpaired) electrons. The first kappa shape index (κ1) is 20.5. The van der Waals surface area contributed by atoms with Crippen molar-refractivity contribution in [1.29, 1.82) is 0 Å². The van der Waals surface area contributed by atoms with Crippen molar-refractivity contribution in [1.82, 2.24) is 10.2 Å². The summed E-state index contributed by atoms with van der Waals surface area (Å²) in [4.78, 5) is 13.8. The number of ether oxygens (including phenoxy) is 2. The summed E-state index contributed by atoms with van der Waals surface area (Å²) in [6.45, 7) is 2.35. The van der Waals surface area contributed by atoms with Crippen LogP contribution in [-0.4, -0.2) is 37.1 Å². The normalized spacial score (nSPS) is 17.3. The molecule has 0 aromatic heterocycles. The number of carbonyl (C=O) groups excluding carboxylic acids is 1. The fraction of sp³-hybridized carbons (Fsp3) is 0.409. The van der Waals surface area contributed by atoms with E-state index in [0.717, 1.165) is 24.1 Å². The van der Waals surface area contributed by atoms with Crippen LogP contribution >= 0.6 is 0 Å². The van der Waals surface area contributed by atoms with E-state index in [2.05, 4.69) is 5.32 Å². The number of likely N-dealkylation sites (tertiary alicyclic amines) is 1. The number of halogens is 3. The van der Waals surface area contributed by atoms with E-state index in [1.807, 2.05) is 18.2 Å². The molecule has 1 fully saturated rings. The van der Waals surface area contributed by atoms with Gasteiger partial charge >= 0.3 is 6.18 Å². The van der Waals surface area contributed by atoms with E-state index in [1.165, 1.54) is 6.07 Å². The number of amides is 1. The minimum absolute atomic E-state index is 0.0353. The Bertz CT molecular complexity index is 917. The van der Waals surface area contributed by atoms with Crippen molar-refractivity contribution in [2.24, 2.45) is 0 Å². The number of hydrogen-bond donors (Lipinski definition) is 1. The Morgan fingerprint density at radius 3 is 2.60 bits per heavy atom. The quantitative estimate of drug-likeness (QED) is 0.770. The van der Waals surface area contributed by atoms with Gasteiger partial charge in [0.05, 0.1) is 11.6 Å². The molecule has 0 aliphatic carbocycles. The molecular weight excluding hydrogens is 397 g/mol. The summed E-state index contributed by atoms with van der Waals surface area (Å²) in [5.74, 6) is 1.38. The number of nitrogens with zero attached hydrogens (tertiary/aromatic N) is 1. The van der Waals surface area contributed by atoms with Crippen LogP contribution in [0.2, 0.25) is 0 Å². The van der Waals surface area contributed by atoms with E-state index in [0.29, 0.717) is 56.3 Å². The maximum Gasteiger partial charge on any atom is 0.416 e. The number of hydrogen-bond acceptors (Lipinski definition) is 4. The maximum absolute atomic E-state index is 13.2. The summed E-state index contributed by atoms with van der Waals surface area (Å²) in [5, 5.41) is 3.33. The topological polar surface area (TPSA) is 50.8 Å². The lowest BCUT2D eigenvalue weighted by Gasteiger charge is -2.26. The summed E-state index contributed by atoms with van der Waals surface area (Å²) in [7, 11) is 0. The van der Waals surface area contributed by atoms with E-state index in [4.69, 9.17) is 9.47 Å². The van der Waals surface area contributed by atoms with Crippen LogP contribution < -0.4 is 14.8 Å². The van der Waals surface area contributed by atoms with Crippen LogP contribution in [0.25, 0.3) is 0 Å². The summed E-state index contributed by atoms with van der Waals surface area (Å²) < 4.78 is 50.7. The van der Waals surface area contributed by atoms with Gasteiger partial charge in [0, 0.05) is 26.1 Å². The molecule has 2 aromatic rings. The van der Waals surface area contributed by atoms with Gasteiger partial charge in [-0.3, -0.25) is 4.79 Å². The molecule has 0 spiro atoms. The Morgan fingerprint density at radius 1 is 1.07 bits per heavy atom. The molecule has 8 heteroatoms. The van der Waals surface area contributed by atoms with Crippen molar-refractivity contribution in [2.75, 3.05) is 26.3 Å². The smallest absolute Gasteiger partial charge is 0.416 e. The van der Waals surface area contributed by atoms with Crippen molar-refractivity contribution in [2.45, 2.75) is 31.6 Å². The molecule has 2 aliphatic heterocycles. The highest BCUT2D eigenvalue weighted by Gasteiger charge is 2.31. The van der Waals surface area contributed by atoms with Gasteiger partial charge in [0.1, 0.15) is 13.2 Å². The van der Waals surface area contributed by atoms with Crippen LogP contribution in [0.15, 0.2) is 42.5 Å². The Labute approximate surface area is 172 Å². The lowest BCUT2D eigenvalue weighted by atomic mass is 10.0. The van der Waals surface area contributed by atoms with Gasteiger partial charge in [-0.05, 0) is 41.8 Å². The fourth-order valence-electron chi connectivity index (χ4n) is 3.78. The van der Waals surface area contributed by atoms with Gasteiger partial charge in [-0.1, -0.05) is 18.2 Å². The average Bonchev–Trinajstić information content (AvgIpc) is 3.15. The molecule has 0 saturated carbocycles. The molecule has 160 valence electrons. The van der Waals surface area contributed by atoms with E-state index >= 15 is 0 Å². The highest BCUT2D eigenvalue weighted by atomic mass is 19.4. The molecule has 1 atom stereocenters. The lowest BCUT2D eigenvalue weighted by molar-refractivity contribution is -0.137. The van der Waals surface area contributed by atoms with Crippen molar-refractivity contribution in [3.8, 4) is 11.5 Å². The van der Waals surface area contributed by atoms with Gasteiger partial charge in [-0.15, -0.1) is 0 Å². The number of fused-ring (bicyclic) bond motifs is 1. The van der Waals surface area contributed by atoms with E-state index in [9.17, 15) is 18.0 Å². The van der Waals surface area contributed by atoms with Gasteiger partial charge in [-0.2, -0.15) is 13.2 Å². The van der Waals surface area contributed by atoms with E-state index in [-0.39, 0.29) is 5.91 Å². The second kappa shape index (κ2) is 8.55. The molecule has 1 saturated heterocycles. The molecule has 4 rings (SSSR count). The van der Waals surface area contributed by atoms with Crippen LogP contribution in [0.5, 0.6) is 11.5 Å². The zero-order chi connectivity index (χ0) is 21.1. The lowest BCUT2D eigenvalue weighted by Crippen LogP contribution is -2.36. The third kappa shape index (κ3) is 4.70. The van der Waals surface area contributed by atoms with Crippen LogP contribution in [0.3, 0.4) is 0 Å². The van der Waals surface area contributed by atoms with Crippen LogP contribution in [0.4, 0.5) is 13.2 Å². The highest BCUT2D eigenvalue weighted by Crippen LogP contribution is 2.32. The van der Waals surface area contributed by atoms with Gasteiger partial charge in [0.25, 0.3) is 0 Å². The van der Waals surface area contributed by atoms with Crippen molar-refractivity contribution in [3.05, 3.63) is 59.2 Å². The molecule has 0 bridgehead atoms. The minimum atomic E-state index is -4.42. The SMILES string of the molecule is O=C1CCCN1CC(NCc1ccc2c(c1)OCCO2)c1cccc(C(F)(F)F)c1. The molecule has 5 nitrogen and oxygen atoms in total. The molecule has 1 unspecified atom stereocenters. The van der Waals surface area contributed by atoms with Gasteiger partial charge in [0.2, 0.25) is 5.91 Å². The zero-order valence-corrected chi connectivity index (χ0v) is 16.4. The number of alkyl halides is 3. The van der Waals surface area contributed by atoms with E-state index in [1.54, 1.807) is 11.0 Å². The molecule has 30 heavy (non-hydrogen) atoms. The first-order valence-corrected chi connectivity index (χ1v) is 9.97. The predicted octanol–water partition coefficient (Wildman–Crippen LogP) is 3.93. The number of carbonyl (C=O) groups is 1. The van der Waals surface area contributed by atoms with Crippen molar-refractivity contribution in [3.63, 3.8) is 0 Å². The molecule has 1 N–H and O–H groups in total. The Hall–Kier alpha value is -2.74. The minimum Gasteiger partial charge on any atom is -0.486 e. The summed E-state index contributed by atoms with van der Waals surface area (Å²) in [6, 6.07) is 10.4. The molecule has 2 aromatic carbocycles.